The Kier molecular flexibility index (Phi) is 8.04. The van der Waals surface area contributed by atoms with Crippen LogP contribution in [0, 0.1) is 5.41 Å². The summed E-state index contributed by atoms with van der Waals surface area (Å²) in [5, 5.41) is 2.90. The van der Waals surface area contributed by atoms with Crippen molar-refractivity contribution in [2.45, 2.75) is 53.3 Å². The average molecular weight is 546 g/mol. The molecule has 8 nitrogen and oxygen atoms in total. The summed E-state index contributed by atoms with van der Waals surface area (Å²) in [5.74, 6) is 0.526. The normalized spacial score (nSPS) is 13.0. The van der Waals surface area contributed by atoms with Crippen molar-refractivity contribution in [1.82, 2.24) is 5.32 Å². The zero-order valence-electron chi connectivity index (χ0n) is 21.6. The molecule has 0 heterocycles. The van der Waals surface area contributed by atoms with Gasteiger partial charge < -0.3 is 14.8 Å². The predicted octanol–water partition coefficient (Wildman–Crippen LogP) is 4.59. The molecule has 0 spiro atoms. The minimum Gasteiger partial charge on any atom is -0.497 e. The van der Waals surface area contributed by atoms with Crippen molar-refractivity contribution in [3.63, 3.8) is 0 Å². The van der Waals surface area contributed by atoms with Crippen LogP contribution in [0.5, 0.6) is 11.5 Å². The number of sulfone groups is 2. The summed E-state index contributed by atoms with van der Waals surface area (Å²) in [6.45, 7) is 7.21. The molecule has 3 rings (SSSR count). The van der Waals surface area contributed by atoms with E-state index in [1.165, 1.54) is 68.8 Å². The maximum absolute atomic E-state index is 13.6. The van der Waals surface area contributed by atoms with E-state index in [2.05, 4.69) is 5.32 Å². The lowest BCUT2D eigenvalue weighted by Crippen LogP contribution is -2.36. The number of carbonyl (C=O) groups excluding carboxylic acids is 1. The smallest absolute Gasteiger partial charge is 0.225 e. The number of carbonyl (C=O) groups is 1. The highest BCUT2D eigenvalue weighted by Gasteiger charge is 2.30. The van der Waals surface area contributed by atoms with Gasteiger partial charge in [0.2, 0.25) is 25.6 Å². The summed E-state index contributed by atoms with van der Waals surface area (Å²) in [4.78, 5) is 11.4. The second-order valence-corrected chi connectivity index (χ2v) is 13.3. The number of hydrogen-bond donors (Lipinski definition) is 1. The number of amides is 1. The molecule has 0 aliphatic heterocycles. The molecule has 0 saturated carbocycles. The molecule has 0 aromatic heterocycles. The fraction of sp³-hybridized carbons (Fsp3) is 0.296. The number of methoxy groups -OCH3 is 2. The molecular formula is C27H31NO7S2. The van der Waals surface area contributed by atoms with E-state index in [1.807, 2.05) is 0 Å². The minimum atomic E-state index is -4.23. The van der Waals surface area contributed by atoms with Gasteiger partial charge in [-0.2, -0.15) is 0 Å². The Bertz CT molecular complexity index is 1490. The average Bonchev–Trinajstić information content (AvgIpc) is 2.87. The third-order valence-corrected chi connectivity index (χ3v) is 9.59. The van der Waals surface area contributed by atoms with Crippen molar-refractivity contribution in [3.05, 3.63) is 72.3 Å². The molecule has 0 aliphatic carbocycles. The highest BCUT2D eigenvalue weighted by atomic mass is 32.2. The van der Waals surface area contributed by atoms with Crippen LogP contribution < -0.4 is 14.8 Å². The van der Waals surface area contributed by atoms with Crippen LogP contribution in [-0.4, -0.2) is 37.0 Å². The maximum Gasteiger partial charge on any atom is 0.225 e. The Labute approximate surface area is 218 Å². The molecule has 0 fully saturated rings. The molecule has 0 bridgehead atoms. The van der Waals surface area contributed by atoms with E-state index in [0.29, 0.717) is 11.3 Å². The first kappa shape index (κ1) is 28.2. The van der Waals surface area contributed by atoms with Gasteiger partial charge in [0.1, 0.15) is 11.5 Å². The Balaban J connectivity index is 2.04. The highest BCUT2D eigenvalue weighted by Crippen LogP contribution is 2.34. The van der Waals surface area contributed by atoms with Gasteiger partial charge in [-0.05, 0) is 61.0 Å². The summed E-state index contributed by atoms with van der Waals surface area (Å²) in [7, 11) is -5.64. The maximum atomic E-state index is 13.6. The van der Waals surface area contributed by atoms with E-state index in [1.54, 1.807) is 39.8 Å². The van der Waals surface area contributed by atoms with Gasteiger partial charge in [-0.25, -0.2) is 16.8 Å². The van der Waals surface area contributed by atoms with Gasteiger partial charge in [0.05, 0.1) is 39.8 Å². The van der Waals surface area contributed by atoms with E-state index >= 15 is 0 Å². The third-order valence-electron chi connectivity index (χ3n) is 5.82. The molecule has 0 radical (unpaired) electrons. The van der Waals surface area contributed by atoms with Crippen LogP contribution in [-0.2, 0) is 24.5 Å². The van der Waals surface area contributed by atoms with Crippen LogP contribution in [0.1, 0.15) is 39.3 Å². The molecule has 1 amide bonds. The van der Waals surface area contributed by atoms with E-state index in [-0.39, 0.29) is 32.4 Å². The summed E-state index contributed by atoms with van der Waals surface area (Å²) in [6.07, 6.45) is 0. The lowest BCUT2D eigenvalue weighted by molar-refractivity contribution is -0.129. The first-order chi connectivity index (χ1) is 17.2. The Morgan fingerprint density at radius 2 is 1.19 bits per heavy atom. The van der Waals surface area contributed by atoms with E-state index in [4.69, 9.17) is 9.47 Å². The lowest BCUT2D eigenvalue weighted by atomic mass is 9.95. The predicted molar refractivity (Wildman–Crippen MR) is 139 cm³/mol. The highest BCUT2D eigenvalue weighted by molar-refractivity contribution is 7.94. The van der Waals surface area contributed by atoms with Gasteiger partial charge in [0.15, 0.2) is 0 Å². The van der Waals surface area contributed by atoms with E-state index < -0.39 is 30.0 Å². The Morgan fingerprint density at radius 1 is 0.730 bits per heavy atom. The van der Waals surface area contributed by atoms with Crippen molar-refractivity contribution >= 4 is 25.6 Å². The van der Waals surface area contributed by atoms with Crippen molar-refractivity contribution in [2.75, 3.05) is 14.2 Å². The summed E-state index contributed by atoms with van der Waals surface area (Å²) < 4.78 is 64.6. The third kappa shape index (κ3) is 5.97. The lowest BCUT2D eigenvalue weighted by Gasteiger charge is -2.22. The standard InChI is InChI=1S/C27H31NO7S2/c1-18(28-26(29)27(2,3)4)19-7-12-22(13-8-19)36(30,31)24-16-11-21(35-6)17-25(24)37(32,33)23-14-9-20(34-5)10-15-23/h7-18H,1-6H3,(H,28,29)/t18-/m0/s1. The zero-order valence-corrected chi connectivity index (χ0v) is 23.2. The summed E-state index contributed by atoms with van der Waals surface area (Å²) in [6, 6.07) is 15.2. The van der Waals surface area contributed by atoms with Crippen LogP contribution >= 0.6 is 0 Å². The van der Waals surface area contributed by atoms with Crippen molar-refractivity contribution in [1.29, 1.82) is 0 Å². The molecule has 198 valence electrons. The molecule has 37 heavy (non-hydrogen) atoms. The van der Waals surface area contributed by atoms with Gasteiger partial charge >= 0.3 is 0 Å². The van der Waals surface area contributed by atoms with E-state index in [9.17, 15) is 21.6 Å². The first-order valence-electron chi connectivity index (χ1n) is 11.4. The van der Waals surface area contributed by atoms with Crippen molar-refractivity contribution in [3.8, 4) is 11.5 Å². The number of ether oxygens (including phenoxy) is 2. The molecule has 1 atom stereocenters. The van der Waals surface area contributed by atoms with E-state index in [0.717, 1.165) is 0 Å². The molecule has 3 aromatic rings. The number of nitrogens with one attached hydrogen (secondary N) is 1. The second-order valence-electron chi connectivity index (χ2n) is 9.51. The number of benzene rings is 3. The fourth-order valence-electron chi connectivity index (χ4n) is 3.49. The molecule has 0 unspecified atom stereocenters. The largest absolute Gasteiger partial charge is 0.497 e. The summed E-state index contributed by atoms with van der Waals surface area (Å²) in [5.41, 5.74) is 0.134. The van der Waals surface area contributed by atoms with Gasteiger partial charge in [0.25, 0.3) is 0 Å². The summed E-state index contributed by atoms with van der Waals surface area (Å²) >= 11 is 0. The van der Waals surface area contributed by atoms with Crippen molar-refractivity contribution < 1.29 is 31.1 Å². The molecule has 0 saturated heterocycles. The van der Waals surface area contributed by atoms with Gasteiger partial charge in [-0.15, -0.1) is 0 Å². The minimum absolute atomic E-state index is 0.0815. The Morgan fingerprint density at radius 3 is 1.68 bits per heavy atom. The monoisotopic (exact) mass is 545 g/mol. The zero-order chi connectivity index (χ0) is 27.6. The SMILES string of the molecule is COc1ccc(S(=O)(=O)c2cc(OC)ccc2S(=O)(=O)c2ccc([C@H](C)NC(=O)C(C)(C)C)cc2)cc1. The molecule has 1 N–H and O–H groups in total. The van der Waals surface area contributed by atoms with Crippen LogP contribution in [0.3, 0.4) is 0 Å². The molecule has 10 heteroatoms. The van der Waals surface area contributed by atoms with Crippen LogP contribution in [0.25, 0.3) is 0 Å². The van der Waals surface area contributed by atoms with Crippen LogP contribution in [0.4, 0.5) is 0 Å². The van der Waals surface area contributed by atoms with Crippen LogP contribution in [0.2, 0.25) is 0 Å². The number of hydrogen-bond acceptors (Lipinski definition) is 7. The quantitative estimate of drug-likeness (QED) is 0.440. The molecule has 3 aromatic carbocycles. The molecular weight excluding hydrogens is 514 g/mol. The van der Waals surface area contributed by atoms with Gasteiger partial charge in [-0.1, -0.05) is 32.9 Å². The van der Waals surface area contributed by atoms with Gasteiger partial charge in [-0.3, -0.25) is 4.79 Å². The van der Waals surface area contributed by atoms with Crippen molar-refractivity contribution in [2.24, 2.45) is 5.41 Å². The topological polar surface area (TPSA) is 116 Å². The second kappa shape index (κ2) is 10.5. The van der Waals surface area contributed by atoms with Gasteiger partial charge in [0, 0.05) is 11.5 Å². The van der Waals surface area contributed by atoms with Crippen LogP contribution in [0.15, 0.2) is 86.3 Å². The number of rotatable bonds is 8. The molecule has 0 aliphatic rings. The Hall–Kier alpha value is -3.37. The fourth-order valence-corrected chi connectivity index (χ4v) is 6.82. The first-order valence-corrected chi connectivity index (χ1v) is 14.4.